The molecule has 0 saturated carbocycles. The van der Waals surface area contributed by atoms with E-state index in [1.807, 2.05) is 7.11 Å². The van der Waals surface area contributed by atoms with Crippen LogP contribution in [0, 0.1) is 5.41 Å². The van der Waals surface area contributed by atoms with E-state index in [-0.39, 0.29) is 0 Å². The van der Waals surface area contributed by atoms with Crippen molar-refractivity contribution in [3.8, 4) is 0 Å². The molecule has 0 aromatic carbocycles. The van der Waals surface area contributed by atoms with E-state index in [1.54, 1.807) is 0 Å². The first-order chi connectivity index (χ1) is 8.28. The Labute approximate surface area is 113 Å². The van der Waals surface area contributed by atoms with Crippen LogP contribution in [0.5, 0.6) is 0 Å². The van der Waals surface area contributed by atoms with Gasteiger partial charge in [0, 0.05) is 45.3 Å². The van der Waals surface area contributed by atoms with Crippen LogP contribution in [0.3, 0.4) is 0 Å². The van der Waals surface area contributed by atoms with Gasteiger partial charge in [-0.3, -0.25) is 0 Å². The number of methoxy groups -OCH3 is 1. The van der Waals surface area contributed by atoms with E-state index < -0.39 is 0 Å². The van der Waals surface area contributed by atoms with E-state index in [2.05, 4.69) is 20.8 Å². The van der Waals surface area contributed by atoms with Gasteiger partial charge in [-0.25, -0.2) is 0 Å². The van der Waals surface area contributed by atoms with E-state index in [1.165, 1.54) is 45.3 Å². The van der Waals surface area contributed by atoms with Crippen molar-refractivity contribution in [3.05, 3.63) is 0 Å². The molecule has 0 radical (unpaired) electrons. The molecule has 3 nitrogen and oxygen atoms in total. The number of nitrogens with zero attached hydrogens (tertiary/aromatic N) is 1. The molecule has 0 unspecified atom stereocenters. The summed E-state index contributed by atoms with van der Waals surface area (Å²) in [5.41, 5.74) is 0.443. The third-order valence-electron chi connectivity index (χ3n) is 4.26. The fourth-order valence-corrected chi connectivity index (χ4v) is 3.65. The van der Waals surface area contributed by atoms with Crippen molar-refractivity contribution in [1.82, 2.24) is 4.90 Å². The standard InChI is InChI=1S/C13H24BrNO2/c1-16-12-2-6-15(7-3-12)11-13(10-14)4-8-17-9-5-13/h12H,2-11H2,1H3. The highest BCUT2D eigenvalue weighted by Crippen LogP contribution is 2.34. The van der Waals surface area contributed by atoms with Crippen molar-refractivity contribution in [2.75, 3.05) is 45.3 Å². The quantitative estimate of drug-likeness (QED) is 0.744. The minimum absolute atomic E-state index is 0.443. The minimum atomic E-state index is 0.443. The van der Waals surface area contributed by atoms with Crippen molar-refractivity contribution in [2.45, 2.75) is 31.8 Å². The molecular formula is C13H24BrNO2. The molecule has 0 amide bonds. The monoisotopic (exact) mass is 305 g/mol. The number of hydrogen-bond donors (Lipinski definition) is 0. The lowest BCUT2D eigenvalue weighted by molar-refractivity contribution is -0.0109. The second-order valence-corrected chi connectivity index (χ2v) is 6.02. The predicted molar refractivity (Wildman–Crippen MR) is 72.8 cm³/mol. The molecule has 0 N–H and O–H groups in total. The summed E-state index contributed by atoms with van der Waals surface area (Å²) in [6.07, 6.45) is 5.25. The summed E-state index contributed by atoms with van der Waals surface area (Å²) in [6.45, 7) is 5.46. The van der Waals surface area contributed by atoms with Gasteiger partial charge in [0.25, 0.3) is 0 Å². The maximum absolute atomic E-state index is 5.49. The Morgan fingerprint density at radius 2 is 1.94 bits per heavy atom. The van der Waals surface area contributed by atoms with Crippen LogP contribution < -0.4 is 0 Å². The van der Waals surface area contributed by atoms with Crippen LogP contribution in [0.15, 0.2) is 0 Å². The maximum Gasteiger partial charge on any atom is 0.0595 e. The Morgan fingerprint density at radius 1 is 1.29 bits per heavy atom. The number of piperidine rings is 1. The molecule has 0 atom stereocenters. The number of alkyl halides is 1. The molecule has 0 bridgehead atoms. The fraction of sp³-hybridized carbons (Fsp3) is 1.00. The van der Waals surface area contributed by atoms with Gasteiger partial charge in [0.1, 0.15) is 0 Å². The van der Waals surface area contributed by atoms with Gasteiger partial charge >= 0.3 is 0 Å². The Morgan fingerprint density at radius 3 is 2.47 bits per heavy atom. The highest BCUT2D eigenvalue weighted by molar-refractivity contribution is 9.09. The second-order valence-electron chi connectivity index (χ2n) is 5.46. The summed E-state index contributed by atoms with van der Waals surface area (Å²) >= 11 is 3.71. The Balaban J connectivity index is 1.82. The van der Waals surface area contributed by atoms with Crippen LogP contribution in [0.2, 0.25) is 0 Å². The molecule has 17 heavy (non-hydrogen) atoms. The SMILES string of the molecule is COC1CCN(CC2(CBr)CCOCC2)CC1. The number of halogens is 1. The van der Waals surface area contributed by atoms with E-state index in [0.717, 1.165) is 18.5 Å². The molecule has 2 aliphatic heterocycles. The Bertz CT molecular complexity index is 223. The van der Waals surface area contributed by atoms with Gasteiger partial charge in [0.15, 0.2) is 0 Å². The number of ether oxygens (including phenoxy) is 2. The molecule has 0 aliphatic carbocycles. The zero-order valence-electron chi connectivity index (χ0n) is 10.8. The normalized spacial score (nSPS) is 27.2. The molecule has 0 aromatic heterocycles. The number of hydrogen-bond acceptors (Lipinski definition) is 3. The number of likely N-dealkylation sites (tertiary alicyclic amines) is 1. The van der Waals surface area contributed by atoms with Crippen LogP contribution in [0.25, 0.3) is 0 Å². The zero-order valence-corrected chi connectivity index (χ0v) is 12.4. The van der Waals surface area contributed by atoms with Crippen LogP contribution in [-0.4, -0.2) is 56.3 Å². The van der Waals surface area contributed by atoms with E-state index in [0.29, 0.717) is 11.5 Å². The average molecular weight is 306 g/mol. The van der Waals surface area contributed by atoms with E-state index in [9.17, 15) is 0 Å². The molecule has 2 rings (SSSR count). The Hall–Kier alpha value is 0.360. The first-order valence-electron chi connectivity index (χ1n) is 6.67. The lowest BCUT2D eigenvalue weighted by Crippen LogP contribution is -2.46. The second kappa shape index (κ2) is 6.50. The van der Waals surface area contributed by atoms with Crippen molar-refractivity contribution >= 4 is 15.9 Å². The molecule has 4 heteroatoms. The van der Waals surface area contributed by atoms with E-state index in [4.69, 9.17) is 9.47 Å². The third-order valence-corrected chi connectivity index (χ3v) is 5.45. The minimum Gasteiger partial charge on any atom is -0.381 e. The smallest absolute Gasteiger partial charge is 0.0595 e. The van der Waals surface area contributed by atoms with Crippen molar-refractivity contribution in [1.29, 1.82) is 0 Å². The van der Waals surface area contributed by atoms with Gasteiger partial charge in [-0.05, 0) is 31.1 Å². The topological polar surface area (TPSA) is 21.7 Å². The van der Waals surface area contributed by atoms with Crippen molar-refractivity contribution < 1.29 is 9.47 Å². The van der Waals surface area contributed by atoms with Gasteiger partial charge in [-0.1, -0.05) is 15.9 Å². The summed E-state index contributed by atoms with van der Waals surface area (Å²) in [6, 6.07) is 0. The number of rotatable bonds is 4. The van der Waals surface area contributed by atoms with Crippen LogP contribution in [0.1, 0.15) is 25.7 Å². The third kappa shape index (κ3) is 3.66. The van der Waals surface area contributed by atoms with Gasteiger partial charge < -0.3 is 14.4 Å². The molecule has 2 fully saturated rings. The average Bonchev–Trinajstić information content (AvgIpc) is 2.41. The summed E-state index contributed by atoms with van der Waals surface area (Å²) in [4.78, 5) is 2.61. The van der Waals surface area contributed by atoms with Gasteiger partial charge in [0.2, 0.25) is 0 Å². The fourth-order valence-electron chi connectivity index (χ4n) is 2.92. The summed E-state index contributed by atoms with van der Waals surface area (Å²) in [7, 11) is 1.83. The maximum atomic E-state index is 5.49. The van der Waals surface area contributed by atoms with Crippen LogP contribution in [-0.2, 0) is 9.47 Å². The molecule has 0 spiro atoms. The zero-order chi connectivity index (χ0) is 12.1. The molecule has 2 saturated heterocycles. The first-order valence-corrected chi connectivity index (χ1v) is 7.79. The predicted octanol–water partition coefficient (Wildman–Crippen LogP) is 2.29. The molecule has 0 aromatic rings. The molecular weight excluding hydrogens is 282 g/mol. The van der Waals surface area contributed by atoms with E-state index >= 15 is 0 Å². The highest BCUT2D eigenvalue weighted by atomic mass is 79.9. The Kier molecular flexibility index (Phi) is 5.27. The lowest BCUT2D eigenvalue weighted by Gasteiger charge is -2.42. The molecule has 2 aliphatic rings. The van der Waals surface area contributed by atoms with Crippen LogP contribution in [0.4, 0.5) is 0 Å². The molecule has 2 heterocycles. The largest absolute Gasteiger partial charge is 0.381 e. The summed E-state index contributed by atoms with van der Waals surface area (Å²) < 4.78 is 10.9. The summed E-state index contributed by atoms with van der Waals surface area (Å²) in [5.74, 6) is 0. The van der Waals surface area contributed by atoms with Crippen LogP contribution >= 0.6 is 15.9 Å². The van der Waals surface area contributed by atoms with Gasteiger partial charge in [-0.15, -0.1) is 0 Å². The molecule has 100 valence electrons. The van der Waals surface area contributed by atoms with Gasteiger partial charge in [0.05, 0.1) is 6.10 Å². The van der Waals surface area contributed by atoms with Gasteiger partial charge in [-0.2, -0.15) is 0 Å². The van der Waals surface area contributed by atoms with Crippen molar-refractivity contribution in [3.63, 3.8) is 0 Å². The highest BCUT2D eigenvalue weighted by Gasteiger charge is 2.34. The first kappa shape index (κ1) is 13.8. The van der Waals surface area contributed by atoms with Crippen molar-refractivity contribution in [2.24, 2.45) is 5.41 Å². The lowest BCUT2D eigenvalue weighted by atomic mass is 9.81. The summed E-state index contributed by atoms with van der Waals surface area (Å²) in [5, 5.41) is 1.10.